The van der Waals surface area contributed by atoms with E-state index >= 15 is 0 Å². The van der Waals surface area contributed by atoms with E-state index in [0.717, 1.165) is 28.2 Å². The van der Waals surface area contributed by atoms with Crippen molar-refractivity contribution in [2.24, 2.45) is 0 Å². The Morgan fingerprint density at radius 2 is 2.11 bits per heavy atom. The van der Waals surface area contributed by atoms with Crippen LogP contribution < -0.4 is 0 Å². The minimum Gasteiger partial charge on any atom is -0.326 e. The average molecular weight is 317 g/mol. The Morgan fingerprint density at radius 3 is 2.78 bits per heavy atom. The van der Waals surface area contributed by atoms with Crippen LogP contribution in [-0.2, 0) is 18.1 Å². The molecule has 0 N–H and O–H groups in total. The number of aromatic nitrogens is 2. The van der Waals surface area contributed by atoms with Crippen LogP contribution in [0, 0.1) is 0 Å². The number of halogens is 4. The molecule has 0 amide bonds. The maximum Gasteiger partial charge on any atom is 0.434 e. The second-order valence-electron chi connectivity index (χ2n) is 4.20. The fourth-order valence-electron chi connectivity index (χ4n) is 2.15. The van der Waals surface area contributed by atoms with Crippen molar-refractivity contribution in [3.05, 3.63) is 41.2 Å². The van der Waals surface area contributed by atoms with Crippen molar-refractivity contribution >= 4 is 15.9 Å². The van der Waals surface area contributed by atoms with Gasteiger partial charge in [0.1, 0.15) is 5.82 Å². The number of alkyl halides is 4. The van der Waals surface area contributed by atoms with E-state index in [-0.39, 0.29) is 0 Å². The lowest BCUT2D eigenvalue weighted by atomic mass is 10.1. The van der Waals surface area contributed by atoms with Crippen LogP contribution >= 0.6 is 15.9 Å². The van der Waals surface area contributed by atoms with E-state index < -0.39 is 11.9 Å². The Balaban J connectivity index is 2.07. The highest BCUT2D eigenvalue weighted by atomic mass is 79.9. The summed E-state index contributed by atoms with van der Waals surface area (Å²) in [5.41, 5.74) is 2.08. The van der Waals surface area contributed by atoms with E-state index in [9.17, 15) is 13.2 Å². The molecule has 1 aromatic carbocycles. The van der Waals surface area contributed by atoms with Gasteiger partial charge in [-0.05, 0) is 11.1 Å². The zero-order valence-corrected chi connectivity index (χ0v) is 10.7. The molecule has 0 atom stereocenters. The molecular weight excluding hydrogens is 309 g/mol. The van der Waals surface area contributed by atoms with Crippen LogP contribution in [0.25, 0.3) is 11.4 Å². The number of nitrogens with zero attached hydrogens (tertiary/aromatic N) is 2. The number of fused-ring (bicyclic) bond motifs is 3. The summed E-state index contributed by atoms with van der Waals surface area (Å²) in [7, 11) is 0. The molecular formula is C12H8BrF3N2. The highest BCUT2D eigenvalue weighted by Crippen LogP contribution is 2.36. The van der Waals surface area contributed by atoms with Crippen LogP contribution in [0.1, 0.15) is 16.8 Å². The second kappa shape index (κ2) is 3.85. The monoisotopic (exact) mass is 316 g/mol. The Kier molecular flexibility index (Phi) is 2.52. The van der Waals surface area contributed by atoms with Gasteiger partial charge in [-0.25, -0.2) is 4.98 Å². The smallest absolute Gasteiger partial charge is 0.326 e. The molecule has 94 valence electrons. The van der Waals surface area contributed by atoms with E-state index in [1.165, 1.54) is 0 Å². The van der Waals surface area contributed by atoms with Gasteiger partial charge in [0, 0.05) is 23.6 Å². The quantitative estimate of drug-likeness (QED) is 0.624. The topological polar surface area (TPSA) is 17.8 Å². The maximum atomic E-state index is 12.6. The van der Waals surface area contributed by atoms with E-state index in [4.69, 9.17) is 0 Å². The second-order valence-corrected chi connectivity index (χ2v) is 4.76. The van der Waals surface area contributed by atoms with Crippen molar-refractivity contribution < 1.29 is 13.2 Å². The molecule has 0 fully saturated rings. The van der Waals surface area contributed by atoms with Crippen LogP contribution in [0.3, 0.4) is 0 Å². The molecule has 2 aromatic rings. The highest BCUT2D eigenvalue weighted by molar-refractivity contribution is 9.08. The summed E-state index contributed by atoms with van der Waals surface area (Å²) >= 11 is 3.36. The molecule has 6 heteroatoms. The molecule has 0 saturated carbocycles. The van der Waals surface area contributed by atoms with Crippen LogP contribution in [0.15, 0.2) is 24.4 Å². The van der Waals surface area contributed by atoms with Gasteiger partial charge in [0.15, 0.2) is 5.69 Å². The first-order valence-corrected chi connectivity index (χ1v) is 6.43. The number of hydrogen-bond acceptors (Lipinski definition) is 1. The predicted octanol–water partition coefficient (Wildman–Crippen LogP) is 3.83. The van der Waals surface area contributed by atoms with Gasteiger partial charge >= 0.3 is 6.18 Å². The third kappa shape index (κ3) is 1.75. The molecule has 0 aliphatic carbocycles. The highest BCUT2D eigenvalue weighted by Gasteiger charge is 2.36. The minimum atomic E-state index is -4.38. The summed E-state index contributed by atoms with van der Waals surface area (Å²) in [4.78, 5) is 3.69. The van der Waals surface area contributed by atoms with Gasteiger partial charge in [0.25, 0.3) is 0 Å². The Labute approximate surface area is 110 Å². The molecule has 1 aromatic heterocycles. The van der Waals surface area contributed by atoms with Gasteiger partial charge in [-0.2, -0.15) is 13.2 Å². The maximum absolute atomic E-state index is 12.6. The Bertz CT molecular complexity index is 616. The van der Waals surface area contributed by atoms with Crippen LogP contribution in [0.5, 0.6) is 0 Å². The summed E-state index contributed by atoms with van der Waals surface area (Å²) in [5.74, 6) is 0.401. The number of benzene rings is 1. The Morgan fingerprint density at radius 1 is 1.33 bits per heavy atom. The summed E-state index contributed by atoms with van der Waals surface area (Å²) in [5, 5.41) is 0.733. The zero-order valence-electron chi connectivity index (χ0n) is 9.13. The van der Waals surface area contributed by atoms with Crippen molar-refractivity contribution in [1.82, 2.24) is 9.55 Å². The van der Waals surface area contributed by atoms with Crippen molar-refractivity contribution in [2.45, 2.75) is 18.1 Å². The SMILES string of the molecule is FC(F)(F)c1cn2c(n1)-c1ccc(CBr)cc1C2. The lowest BCUT2D eigenvalue weighted by Crippen LogP contribution is -2.05. The van der Waals surface area contributed by atoms with Gasteiger partial charge in [-0.15, -0.1) is 0 Å². The third-order valence-electron chi connectivity index (χ3n) is 2.97. The summed E-state index contributed by atoms with van der Waals surface area (Å²) < 4.78 is 39.2. The van der Waals surface area contributed by atoms with Gasteiger partial charge in [0.2, 0.25) is 0 Å². The first-order valence-electron chi connectivity index (χ1n) is 5.31. The summed E-state index contributed by atoms with van der Waals surface area (Å²) in [6, 6.07) is 5.72. The molecule has 2 nitrogen and oxygen atoms in total. The van der Waals surface area contributed by atoms with Crippen LogP contribution in [0.4, 0.5) is 13.2 Å². The summed E-state index contributed by atoms with van der Waals surface area (Å²) in [6.45, 7) is 0.453. The fraction of sp³-hybridized carbons (Fsp3) is 0.250. The van der Waals surface area contributed by atoms with Crippen molar-refractivity contribution in [3.8, 4) is 11.4 Å². The van der Waals surface area contributed by atoms with Crippen molar-refractivity contribution in [1.29, 1.82) is 0 Å². The largest absolute Gasteiger partial charge is 0.434 e. The lowest BCUT2D eigenvalue weighted by molar-refractivity contribution is -0.140. The average Bonchev–Trinajstić information content (AvgIpc) is 2.84. The normalized spacial score (nSPS) is 13.6. The van der Waals surface area contributed by atoms with Crippen LogP contribution in [-0.4, -0.2) is 9.55 Å². The number of imidazole rings is 1. The molecule has 2 heterocycles. The van der Waals surface area contributed by atoms with Gasteiger partial charge in [-0.3, -0.25) is 0 Å². The van der Waals surface area contributed by atoms with E-state index in [1.54, 1.807) is 4.57 Å². The number of rotatable bonds is 1. The van der Waals surface area contributed by atoms with E-state index in [0.29, 0.717) is 12.4 Å². The fourth-order valence-corrected chi connectivity index (χ4v) is 2.50. The lowest BCUT2D eigenvalue weighted by Gasteiger charge is -2.03. The van der Waals surface area contributed by atoms with Gasteiger partial charge < -0.3 is 4.57 Å². The first-order chi connectivity index (χ1) is 8.49. The zero-order chi connectivity index (χ0) is 12.9. The first kappa shape index (κ1) is 11.8. The Hall–Kier alpha value is -1.30. The minimum absolute atomic E-state index is 0.401. The van der Waals surface area contributed by atoms with E-state index in [1.807, 2.05) is 18.2 Å². The molecule has 1 aliphatic heterocycles. The molecule has 0 bridgehead atoms. The predicted molar refractivity (Wildman–Crippen MR) is 64.4 cm³/mol. The van der Waals surface area contributed by atoms with Gasteiger partial charge in [0.05, 0.1) is 0 Å². The van der Waals surface area contributed by atoms with Crippen molar-refractivity contribution in [2.75, 3.05) is 0 Å². The standard InChI is InChI=1S/C12H8BrF3N2/c13-4-7-1-2-9-8(3-7)5-18-6-10(12(14,15)16)17-11(9)18/h1-3,6H,4-5H2. The molecule has 18 heavy (non-hydrogen) atoms. The number of hydrogen-bond donors (Lipinski definition) is 0. The molecule has 0 unspecified atom stereocenters. The summed E-state index contributed by atoms with van der Waals surface area (Å²) in [6.07, 6.45) is -3.31. The molecule has 1 aliphatic rings. The molecule has 3 rings (SSSR count). The van der Waals surface area contributed by atoms with E-state index in [2.05, 4.69) is 20.9 Å². The molecule has 0 saturated heterocycles. The molecule has 0 spiro atoms. The molecule has 0 radical (unpaired) electrons. The third-order valence-corrected chi connectivity index (χ3v) is 3.62. The van der Waals surface area contributed by atoms with Crippen molar-refractivity contribution in [3.63, 3.8) is 0 Å². The van der Waals surface area contributed by atoms with Crippen LogP contribution in [0.2, 0.25) is 0 Å². The van der Waals surface area contributed by atoms with Gasteiger partial charge in [-0.1, -0.05) is 34.1 Å².